The Bertz CT molecular complexity index is 840. The largest absolute Gasteiger partial charge is 0.492 e. The Hall–Kier alpha value is -2.42. The number of benzene rings is 2. The van der Waals surface area contributed by atoms with Gasteiger partial charge >= 0.3 is 0 Å². The number of rotatable bonds is 11. The molecule has 0 bridgehead atoms. The summed E-state index contributed by atoms with van der Waals surface area (Å²) in [5.41, 5.74) is 6.33. The second-order valence-corrected chi connectivity index (χ2v) is 8.09. The smallest absolute Gasteiger partial charge is 0.241 e. The van der Waals surface area contributed by atoms with Crippen LogP contribution in [0.2, 0.25) is 0 Å². The van der Waals surface area contributed by atoms with Crippen LogP contribution in [0.1, 0.15) is 26.2 Å². The predicted molar refractivity (Wildman–Crippen MR) is 110 cm³/mol. The summed E-state index contributed by atoms with van der Waals surface area (Å²) in [4.78, 5) is 12.1. The number of anilines is 1. The van der Waals surface area contributed by atoms with Gasteiger partial charge in [0.2, 0.25) is 15.9 Å². The first-order valence-corrected chi connectivity index (χ1v) is 10.7. The van der Waals surface area contributed by atoms with E-state index in [1.807, 2.05) is 25.1 Å². The molecular weight excluding hydrogens is 378 g/mol. The average molecular weight is 406 g/mol. The van der Waals surface area contributed by atoms with Crippen molar-refractivity contribution < 1.29 is 17.9 Å². The summed E-state index contributed by atoms with van der Waals surface area (Å²) in [6, 6.07) is 14.5. The van der Waals surface area contributed by atoms with E-state index in [0.717, 1.165) is 12.8 Å². The topological polar surface area (TPSA) is 111 Å². The van der Waals surface area contributed by atoms with Crippen LogP contribution >= 0.6 is 0 Å². The third-order valence-electron chi connectivity index (χ3n) is 4.04. The van der Waals surface area contributed by atoms with Crippen molar-refractivity contribution in [3.05, 3.63) is 54.6 Å². The van der Waals surface area contributed by atoms with Gasteiger partial charge < -0.3 is 15.8 Å². The SMILES string of the molecule is CCCC[C@H](N)C(=O)Nc1ccc(S(=O)(=O)NCCOc2ccccc2)cc1. The van der Waals surface area contributed by atoms with Gasteiger partial charge in [-0.25, -0.2) is 13.1 Å². The molecule has 0 aliphatic rings. The van der Waals surface area contributed by atoms with E-state index < -0.39 is 16.1 Å². The molecule has 2 rings (SSSR count). The zero-order valence-electron chi connectivity index (χ0n) is 15.9. The summed E-state index contributed by atoms with van der Waals surface area (Å²) in [6.45, 7) is 2.39. The molecular formula is C20H27N3O4S. The first-order chi connectivity index (χ1) is 13.4. The Balaban J connectivity index is 1.84. The molecule has 0 saturated heterocycles. The quantitative estimate of drug-likeness (QED) is 0.498. The van der Waals surface area contributed by atoms with Crippen LogP contribution < -0.4 is 20.5 Å². The van der Waals surface area contributed by atoms with Crippen LogP contribution in [0.3, 0.4) is 0 Å². The van der Waals surface area contributed by atoms with Crippen molar-refractivity contribution in [1.82, 2.24) is 4.72 Å². The molecule has 0 aromatic heterocycles. The van der Waals surface area contributed by atoms with Gasteiger partial charge in [0, 0.05) is 12.2 Å². The minimum Gasteiger partial charge on any atom is -0.492 e. The Kier molecular flexibility index (Phi) is 8.43. The lowest BCUT2D eigenvalue weighted by Crippen LogP contribution is -2.35. The van der Waals surface area contributed by atoms with E-state index in [9.17, 15) is 13.2 Å². The highest BCUT2D eigenvalue weighted by atomic mass is 32.2. The Morgan fingerprint density at radius 3 is 2.43 bits per heavy atom. The number of hydrogen-bond donors (Lipinski definition) is 3. The van der Waals surface area contributed by atoms with Gasteiger partial charge in [-0.05, 0) is 42.8 Å². The van der Waals surface area contributed by atoms with E-state index in [4.69, 9.17) is 10.5 Å². The molecule has 7 nitrogen and oxygen atoms in total. The van der Waals surface area contributed by atoms with Crippen molar-refractivity contribution in [2.24, 2.45) is 5.73 Å². The summed E-state index contributed by atoms with van der Waals surface area (Å²) in [5, 5.41) is 2.70. The number of nitrogens with two attached hydrogens (primary N) is 1. The number of sulfonamides is 1. The molecule has 0 fully saturated rings. The summed E-state index contributed by atoms with van der Waals surface area (Å²) >= 11 is 0. The van der Waals surface area contributed by atoms with E-state index >= 15 is 0 Å². The van der Waals surface area contributed by atoms with Crippen molar-refractivity contribution in [3.8, 4) is 5.75 Å². The van der Waals surface area contributed by atoms with Gasteiger partial charge in [-0.2, -0.15) is 0 Å². The number of carbonyl (C=O) groups is 1. The first-order valence-electron chi connectivity index (χ1n) is 9.26. The molecule has 4 N–H and O–H groups in total. The summed E-state index contributed by atoms with van der Waals surface area (Å²) < 4.78 is 32.6. The van der Waals surface area contributed by atoms with Crippen molar-refractivity contribution in [1.29, 1.82) is 0 Å². The van der Waals surface area contributed by atoms with Crippen LogP contribution in [0.15, 0.2) is 59.5 Å². The van der Waals surface area contributed by atoms with Gasteiger partial charge in [0.05, 0.1) is 10.9 Å². The van der Waals surface area contributed by atoms with Crippen molar-refractivity contribution in [2.75, 3.05) is 18.5 Å². The maximum Gasteiger partial charge on any atom is 0.241 e. The lowest BCUT2D eigenvalue weighted by atomic mass is 10.1. The van der Waals surface area contributed by atoms with Crippen LogP contribution in [0.5, 0.6) is 5.75 Å². The minimum absolute atomic E-state index is 0.112. The number of ether oxygens (including phenoxy) is 1. The minimum atomic E-state index is -3.66. The number of nitrogens with one attached hydrogen (secondary N) is 2. The maximum absolute atomic E-state index is 12.3. The third kappa shape index (κ3) is 6.95. The highest BCUT2D eigenvalue weighted by Crippen LogP contribution is 2.15. The summed E-state index contributed by atoms with van der Waals surface area (Å²) in [6.07, 6.45) is 2.46. The molecule has 0 spiro atoms. The van der Waals surface area contributed by atoms with Crippen LogP contribution in [0, 0.1) is 0 Å². The molecule has 1 atom stereocenters. The van der Waals surface area contributed by atoms with Gasteiger partial charge in [0.15, 0.2) is 0 Å². The van der Waals surface area contributed by atoms with E-state index in [-0.39, 0.29) is 24.0 Å². The Morgan fingerprint density at radius 1 is 1.11 bits per heavy atom. The molecule has 2 aromatic carbocycles. The van der Waals surface area contributed by atoms with Gasteiger partial charge in [-0.3, -0.25) is 4.79 Å². The molecule has 2 aromatic rings. The molecule has 0 heterocycles. The molecule has 0 saturated carbocycles. The number of hydrogen-bond acceptors (Lipinski definition) is 5. The molecule has 28 heavy (non-hydrogen) atoms. The summed E-state index contributed by atoms with van der Waals surface area (Å²) in [5.74, 6) is 0.402. The first kappa shape index (κ1) is 21.9. The van der Waals surface area contributed by atoms with Crippen molar-refractivity contribution >= 4 is 21.6 Å². The van der Waals surface area contributed by atoms with Crippen molar-refractivity contribution in [2.45, 2.75) is 37.1 Å². The van der Waals surface area contributed by atoms with Gasteiger partial charge in [0.1, 0.15) is 12.4 Å². The molecule has 0 aliphatic heterocycles. The van der Waals surface area contributed by atoms with Gasteiger partial charge in [-0.1, -0.05) is 38.0 Å². The zero-order valence-corrected chi connectivity index (χ0v) is 16.7. The predicted octanol–water partition coefficient (Wildman–Crippen LogP) is 2.50. The van der Waals surface area contributed by atoms with E-state index in [1.165, 1.54) is 12.1 Å². The van der Waals surface area contributed by atoms with Crippen molar-refractivity contribution in [3.63, 3.8) is 0 Å². The molecule has 0 radical (unpaired) electrons. The lowest BCUT2D eigenvalue weighted by Gasteiger charge is -2.12. The highest BCUT2D eigenvalue weighted by molar-refractivity contribution is 7.89. The van der Waals surface area contributed by atoms with Crippen LogP contribution in [-0.4, -0.2) is 33.5 Å². The monoisotopic (exact) mass is 405 g/mol. The number of unbranched alkanes of at least 4 members (excludes halogenated alkanes) is 1. The Morgan fingerprint density at radius 2 is 1.79 bits per heavy atom. The number of amides is 1. The molecule has 8 heteroatoms. The van der Waals surface area contributed by atoms with Gasteiger partial charge in [0.25, 0.3) is 0 Å². The van der Waals surface area contributed by atoms with E-state index in [2.05, 4.69) is 10.0 Å². The zero-order chi connectivity index (χ0) is 20.4. The van der Waals surface area contributed by atoms with E-state index in [1.54, 1.807) is 24.3 Å². The molecule has 1 amide bonds. The fourth-order valence-electron chi connectivity index (χ4n) is 2.45. The fourth-order valence-corrected chi connectivity index (χ4v) is 3.47. The highest BCUT2D eigenvalue weighted by Gasteiger charge is 2.15. The summed E-state index contributed by atoms with van der Waals surface area (Å²) in [7, 11) is -3.66. The third-order valence-corrected chi connectivity index (χ3v) is 5.52. The van der Waals surface area contributed by atoms with E-state index in [0.29, 0.717) is 17.9 Å². The maximum atomic E-state index is 12.3. The Labute approximate surface area is 166 Å². The standard InChI is InChI=1S/C20H27N3O4S/c1-2-3-9-19(21)20(24)23-16-10-12-18(13-11-16)28(25,26)22-14-15-27-17-7-5-4-6-8-17/h4-8,10-13,19,22H,2-3,9,14-15,21H2,1H3,(H,23,24)/t19-/m0/s1. The fraction of sp³-hybridized carbons (Fsp3) is 0.350. The average Bonchev–Trinajstić information content (AvgIpc) is 2.70. The lowest BCUT2D eigenvalue weighted by molar-refractivity contribution is -0.117. The van der Waals surface area contributed by atoms with Crippen LogP contribution in [0.4, 0.5) is 5.69 Å². The molecule has 152 valence electrons. The molecule has 0 unspecified atom stereocenters. The van der Waals surface area contributed by atoms with Crippen LogP contribution in [-0.2, 0) is 14.8 Å². The second kappa shape index (κ2) is 10.8. The number of carbonyl (C=O) groups excluding carboxylic acids is 1. The van der Waals surface area contributed by atoms with Gasteiger partial charge in [-0.15, -0.1) is 0 Å². The normalized spacial score (nSPS) is 12.4. The second-order valence-electron chi connectivity index (χ2n) is 6.32. The molecule has 0 aliphatic carbocycles. The van der Waals surface area contributed by atoms with Crippen LogP contribution in [0.25, 0.3) is 0 Å². The number of para-hydroxylation sites is 1.